The van der Waals surface area contributed by atoms with Crippen LogP contribution in [0.5, 0.6) is 11.5 Å². The van der Waals surface area contributed by atoms with Gasteiger partial charge in [0.2, 0.25) is 0 Å². The van der Waals surface area contributed by atoms with Crippen LogP contribution in [-0.2, 0) is 11.3 Å². The number of benzene rings is 2. The summed E-state index contributed by atoms with van der Waals surface area (Å²) in [7, 11) is 1.76. The Balaban J connectivity index is 1.46. The topological polar surface area (TPSA) is 64.1 Å². The third-order valence-corrected chi connectivity index (χ3v) is 4.76. The lowest BCUT2D eigenvalue weighted by Gasteiger charge is -2.18. The number of ether oxygens (including phenoxy) is 3. The van der Waals surface area contributed by atoms with Crippen LogP contribution in [0.15, 0.2) is 47.5 Å². The van der Waals surface area contributed by atoms with E-state index >= 15 is 0 Å². The van der Waals surface area contributed by atoms with E-state index in [1.165, 1.54) is 11.1 Å². The first-order valence-corrected chi connectivity index (χ1v) is 10.1. The molecule has 0 amide bonds. The highest BCUT2D eigenvalue weighted by atomic mass is 16.5. The Morgan fingerprint density at radius 3 is 2.62 bits per heavy atom. The van der Waals surface area contributed by atoms with Gasteiger partial charge in [-0.3, -0.25) is 4.99 Å². The zero-order chi connectivity index (χ0) is 20.5. The molecule has 1 aliphatic heterocycles. The number of guanidine groups is 1. The van der Waals surface area contributed by atoms with E-state index in [0.717, 1.165) is 36.0 Å². The molecule has 3 rings (SSSR count). The molecule has 2 N–H and O–H groups in total. The van der Waals surface area contributed by atoms with Gasteiger partial charge in [0, 0.05) is 25.6 Å². The molecule has 0 bridgehead atoms. The van der Waals surface area contributed by atoms with Crippen LogP contribution in [0.2, 0.25) is 0 Å². The van der Waals surface area contributed by atoms with Gasteiger partial charge in [0.1, 0.15) is 24.2 Å². The molecule has 156 valence electrons. The van der Waals surface area contributed by atoms with Gasteiger partial charge < -0.3 is 24.8 Å². The molecule has 0 spiro atoms. The van der Waals surface area contributed by atoms with Crippen LogP contribution < -0.4 is 20.1 Å². The maximum Gasteiger partial charge on any atom is 0.191 e. The fraction of sp³-hybridized carbons (Fsp3) is 0.435. The highest BCUT2D eigenvalue weighted by Crippen LogP contribution is 2.23. The van der Waals surface area contributed by atoms with Crippen LogP contribution in [-0.4, -0.2) is 45.5 Å². The van der Waals surface area contributed by atoms with Gasteiger partial charge in [0.25, 0.3) is 0 Å². The van der Waals surface area contributed by atoms with Gasteiger partial charge in [0.15, 0.2) is 5.96 Å². The highest BCUT2D eigenvalue weighted by molar-refractivity contribution is 5.79. The number of nitrogens with zero attached hydrogens (tertiary/aromatic N) is 1. The molecule has 2 aromatic carbocycles. The lowest BCUT2D eigenvalue weighted by atomic mass is 10.1. The van der Waals surface area contributed by atoms with E-state index in [4.69, 9.17) is 14.2 Å². The fourth-order valence-electron chi connectivity index (χ4n) is 3.08. The summed E-state index contributed by atoms with van der Waals surface area (Å²) in [6, 6.07) is 14.3. The molecule has 1 aliphatic rings. The number of aliphatic imine (C=N–C) groups is 1. The summed E-state index contributed by atoms with van der Waals surface area (Å²) >= 11 is 0. The summed E-state index contributed by atoms with van der Waals surface area (Å²) in [5.41, 5.74) is 3.50. The number of rotatable bonds is 8. The molecule has 0 aliphatic carbocycles. The van der Waals surface area contributed by atoms with E-state index in [9.17, 15) is 0 Å². The minimum atomic E-state index is 0.131. The first-order chi connectivity index (χ1) is 14.1. The Bertz CT molecular complexity index is 800. The molecule has 0 aromatic heterocycles. The van der Waals surface area contributed by atoms with Crippen molar-refractivity contribution in [3.63, 3.8) is 0 Å². The standard InChI is InChI=1S/C23H31N3O3/c1-17-5-8-20(9-6-17)28-13-11-25-23(24-3)26-15-19-7-4-18(2)14-22(19)29-21-10-12-27-16-21/h4-9,14,21H,10-13,15-16H2,1-3H3,(H2,24,25,26). The second-order valence-electron chi connectivity index (χ2n) is 7.23. The Labute approximate surface area is 173 Å². The van der Waals surface area contributed by atoms with Crippen molar-refractivity contribution in [1.82, 2.24) is 10.6 Å². The van der Waals surface area contributed by atoms with Gasteiger partial charge in [-0.25, -0.2) is 0 Å². The maximum absolute atomic E-state index is 6.16. The smallest absolute Gasteiger partial charge is 0.191 e. The molecular weight excluding hydrogens is 366 g/mol. The number of nitrogens with one attached hydrogen (secondary N) is 2. The predicted octanol–water partition coefficient (Wildman–Crippen LogP) is 3.22. The highest BCUT2D eigenvalue weighted by Gasteiger charge is 2.18. The lowest BCUT2D eigenvalue weighted by Crippen LogP contribution is -2.39. The van der Waals surface area contributed by atoms with Gasteiger partial charge in [-0.2, -0.15) is 0 Å². The summed E-state index contributed by atoms with van der Waals surface area (Å²) in [5, 5.41) is 6.63. The second-order valence-corrected chi connectivity index (χ2v) is 7.23. The average molecular weight is 398 g/mol. The molecule has 6 heteroatoms. The predicted molar refractivity (Wildman–Crippen MR) is 116 cm³/mol. The van der Waals surface area contributed by atoms with E-state index in [1.54, 1.807) is 7.05 Å². The maximum atomic E-state index is 6.16. The molecule has 2 aromatic rings. The zero-order valence-electron chi connectivity index (χ0n) is 17.5. The van der Waals surface area contributed by atoms with E-state index in [-0.39, 0.29) is 6.10 Å². The van der Waals surface area contributed by atoms with E-state index in [2.05, 4.69) is 47.7 Å². The van der Waals surface area contributed by atoms with Crippen molar-refractivity contribution in [3.8, 4) is 11.5 Å². The van der Waals surface area contributed by atoms with Crippen molar-refractivity contribution in [1.29, 1.82) is 0 Å². The van der Waals surface area contributed by atoms with Crippen molar-refractivity contribution >= 4 is 5.96 Å². The summed E-state index contributed by atoms with van der Waals surface area (Å²) in [4.78, 5) is 4.29. The Morgan fingerprint density at radius 1 is 1.10 bits per heavy atom. The lowest BCUT2D eigenvalue weighted by molar-refractivity contribution is 0.140. The summed E-state index contributed by atoms with van der Waals surface area (Å²) < 4.78 is 17.3. The van der Waals surface area contributed by atoms with Crippen LogP contribution >= 0.6 is 0 Å². The number of hydrogen-bond donors (Lipinski definition) is 2. The normalized spacial score (nSPS) is 16.5. The van der Waals surface area contributed by atoms with Crippen molar-refractivity contribution in [3.05, 3.63) is 59.2 Å². The fourth-order valence-corrected chi connectivity index (χ4v) is 3.08. The third-order valence-electron chi connectivity index (χ3n) is 4.76. The van der Waals surface area contributed by atoms with Gasteiger partial charge in [-0.15, -0.1) is 0 Å². The molecule has 1 fully saturated rings. The van der Waals surface area contributed by atoms with Crippen LogP contribution in [0.4, 0.5) is 0 Å². The SMILES string of the molecule is CN=C(NCCOc1ccc(C)cc1)NCc1ccc(C)cc1OC1CCOC1. The zero-order valence-corrected chi connectivity index (χ0v) is 17.5. The minimum Gasteiger partial charge on any atom is -0.492 e. The quantitative estimate of drug-likeness (QED) is 0.407. The Hall–Kier alpha value is -2.73. The van der Waals surface area contributed by atoms with Crippen LogP contribution in [0.1, 0.15) is 23.1 Å². The summed E-state index contributed by atoms with van der Waals surface area (Å²) in [5.74, 6) is 2.51. The molecule has 0 radical (unpaired) electrons. The number of aryl methyl sites for hydroxylation is 2. The molecule has 29 heavy (non-hydrogen) atoms. The molecule has 6 nitrogen and oxygen atoms in total. The summed E-state index contributed by atoms with van der Waals surface area (Å²) in [6.45, 7) is 7.41. The molecule has 1 atom stereocenters. The Morgan fingerprint density at radius 2 is 1.90 bits per heavy atom. The average Bonchev–Trinajstić information content (AvgIpc) is 3.23. The largest absolute Gasteiger partial charge is 0.492 e. The van der Waals surface area contributed by atoms with Crippen LogP contribution in [0.3, 0.4) is 0 Å². The monoisotopic (exact) mass is 397 g/mol. The van der Waals surface area contributed by atoms with Gasteiger partial charge in [-0.05, 0) is 37.6 Å². The minimum absolute atomic E-state index is 0.131. The molecule has 1 unspecified atom stereocenters. The first kappa shape index (κ1) is 21.0. The number of hydrogen-bond acceptors (Lipinski definition) is 4. The van der Waals surface area contributed by atoms with Crippen molar-refractivity contribution < 1.29 is 14.2 Å². The molecule has 0 saturated carbocycles. The van der Waals surface area contributed by atoms with Crippen LogP contribution in [0, 0.1) is 13.8 Å². The molecular formula is C23H31N3O3. The summed E-state index contributed by atoms with van der Waals surface area (Å²) in [6.07, 6.45) is 1.07. The van der Waals surface area contributed by atoms with Crippen molar-refractivity contribution in [2.45, 2.75) is 32.9 Å². The third kappa shape index (κ3) is 6.68. The first-order valence-electron chi connectivity index (χ1n) is 10.1. The van der Waals surface area contributed by atoms with Crippen molar-refractivity contribution in [2.24, 2.45) is 4.99 Å². The van der Waals surface area contributed by atoms with Gasteiger partial charge in [-0.1, -0.05) is 29.8 Å². The second kappa shape index (κ2) is 10.7. The van der Waals surface area contributed by atoms with Gasteiger partial charge >= 0.3 is 0 Å². The Kier molecular flexibility index (Phi) is 7.76. The van der Waals surface area contributed by atoms with E-state index in [1.807, 2.05) is 24.3 Å². The van der Waals surface area contributed by atoms with Gasteiger partial charge in [0.05, 0.1) is 19.8 Å². The van der Waals surface area contributed by atoms with E-state index in [0.29, 0.717) is 26.3 Å². The molecule has 1 heterocycles. The molecule has 1 saturated heterocycles. The van der Waals surface area contributed by atoms with Crippen LogP contribution in [0.25, 0.3) is 0 Å². The van der Waals surface area contributed by atoms with E-state index < -0.39 is 0 Å². The van der Waals surface area contributed by atoms with Crippen molar-refractivity contribution in [2.75, 3.05) is 33.4 Å².